The smallest absolute Gasteiger partial charge is 0.0628 e. The summed E-state index contributed by atoms with van der Waals surface area (Å²) in [7, 11) is 0. The average Bonchev–Trinajstić information content (AvgIpc) is 2.92. The molecule has 92 valence electrons. The summed E-state index contributed by atoms with van der Waals surface area (Å²) < 4.78 is 0. The van der Waals surface area contributed by atoms with Gasteiger partial charge in [-0.3, -0.25) is 0 Å². The van der Waals surface area contributed by atoms with Crippen LogP contribution in [0.3, 0.4) is 0 Å². The van der Waals surface area contributed by atoms with Crippen LogP contribution in [0.5, 0.6) is 0 Å². The maximum Gasteiger partial charge on any atom is 0.0628 e. The normalized spacial score (nSPS) is 20.2. The molecule has 1 aliphatic rings. The monoisotopic (exact) mass is 224 g/mol. The van der Waals surface area contributed by atoms with E-state index >= 15 is 0 Å². The highest BCUT2D eigenvalue weighted by Crippen LogP contribution is 2.48. The van der Waals surface area contributed by atoms with Gasteiger partial charge in [0.15, 0.2) is 0 Å². The first-order valence-corrected chi connectivity index (χ1v) is 6.15. The van der Waals surface area contributed by atoms with Crippen molar-refractivity contribution >= 4 is 0 Å². The van der Waals surface area contributed by atoms with Crippen molar-refractivity contribution in [2.75, 3.05) is 13.2 Å². The highest BCUT2D eigenvalue weighted by Gasteiger charge is 2.42. The fourth-order valence-corrected chi connectivity index (χ4v) is 2.07. The summed E-state index contributed by atoms with van der Waals surface area (Å²) >= 11 is 0. The fraction of sp³-hybridized carbons (Fsp3) is 0.923. The van der Waals surface area contributed by atoms with Gasteiger partial charge in [0, 0.05) is 25.6 Å². The van der Waals surface area contributed by atoms with Crippen molar-refractivity contribution in [1.82, 2.24) is 5.32 Å². The van der Waals surface area contributed by atoms with E-state index in [2.05, 4.69) is 32.2 Å². The minimum Gasteiger partial charge on any atom is -0.396 e. The van der Waals surface area contributed by atoms with E-state index in [0.717, 1.165) is 13.0 Å². The summed E-state index contributed by atoms with van der Waals surface area (Å²) in [5, 5.41) is 21.3. The fourth-order valence-electron chi connectivity index (χ4n) is 2.07. The molecule has 0 aromatic rings. The van der Waals surface area contributed by atoms with Crippen molar-refractivity contribution in [3.05, 3.63) is 0 Å². The van der Waals surface area contributed by atoms with Gasteiger partial charge in [0.05, 0.1) is 6.07 Å². The molecule has 0 aromatic heterocycles. The van der Waals surface area contributed by atoms with E-state index in [1.807, 2.05) is 0 Å². The van der Waals surface area contributed by atoms with Crippen LogP contribution in [0.15, 0.2) is 0 Å². The number of hydrogen-bond acceptors (Lipinski definition) is 3. The molecule has 1 aliphatic carbocycles. The molecule has 1 unspecified atom stereocenters. The molecular weight excluding hydrogens is 200 g/mol. The van der Waals surface area contributed by atoms with Crippen LogP contribution in [0.25, 0.3) is 0 Å². The Kier molecular flexibility index (Phi) is 4.35. The predicted molar refractivity (Wildman–Crippen MR) is 64.8 cm³/mol. The van der Waals surface area contributed by atoms with Gasteiger partial charge >= 0.3 is 0 Å². The molecule has 0 amide bonds. The molecule has 3 heteroatoms. The predicted octanol–water partition coefficient (Wildman–Crippen LogP) is 2.07. The number of aliphatic hydroxyl groups is 1. The van der Waals surface area contributed by atoms with Gasteiger partial charge in [0.25, 0.3) is 0 Å². The molecule has 2 N–H and O–H groups in total. The Morgan fingerprint density at radius 2 is 2.06 bits per heavy atom. The van der Waals surface area contributed by atoms with E-state index in [1.165, 1.54) is 12.8 Å². The van der Waals surface area contributed by atoms with Crippen molar-refractivity contribution in [2.45, 2.75) is 52.5 Å². The van der Waals surface area contributed by atoms with Gasteiger partial charge in [-0.15, -0.1) is 0 Å². The SMILES string of the molecule is CC(C)(C)C(CCO)NCC1(CC#N)CC1. The lowest BCUT2D eigenvalue weighted by molar-refractivity contribution is 0.190. The van der Waals surface area contributed by atoms with Crippen molar-refractivity contribution < 1.29 is 5.11 Å². The van der Waals surface area contributed by atoms with Crippen LogP contribution < -0.4 is 5.32 Å². The molecule has 0 radical (unpaired) electrons. The Hall–Kier alpha value is -0.590. The van der Waals surface area contributed by atoms with Crippen LogP contribution in [-0.2, 0) is 0 Å². The highest BCUT2D eigenvalue weighted by molar-refractivity contribution is 5.01. The van der Waals surface area contributed by atoms with Gasteiger partial charge in [0.1, 0.15) is 0 Å². The van der Waals surface area contributed by atoms with Gasteiger partial charge < -0.3 is 10.4 Å². The van der Waals surface area contributed by atoms with Crippen molar-refractivity contribution in [1.29, 1.82) is 5.26 Å². The topological polar surface area (TPSA) is 56.0 Å². The Bertz CT molecular complexity index is 258. The zero-order chi connectivity index (χ0) is 12.2. The van der Waals surface area contributed by atoms with E-state index in [-0.39, 0.29) is 17.4 Å². The Morgan fingerprint density at radius 1 is 1.44 bits per heavy atom. The van der Waals surface area contributed by atoms with Crippen molar-refractivity contribution in [3.63, 3.8) is 0 Å². The first-order valence-electron chi connectivity index (χ1n) is 6.15. The van der Waals surface area contributed by atoms with E-state index < -0.39 is 0 Å². The lowest BCUT2D eigenvalue weighted by Crippen LogP contribution is -2.43. The van der Waals surface area contributed by atoms with E-state index in [0.29, 0.717) is 12.5 Å². The average molecular weight is 224 g/mol. The summed E-state index contributed by atoms with van der Waals surface area (Å²) in [6.07, 6.45) is 3.79. The minimum atomic E-state index is 0.158. The molecule has 16 heavy (non-hydrogen) atoms. The molecule has 0 aliphatic heterocycles. The lowest BCUT2D eigenvalue weighted by Gasteiger charge is -2.32. The third-order valence-electron chi connectivity index (χ3n) is 3.60. The van der Waals surface area contributed by atoms with Crippen LogP contribution in [0.2, 0.25) is 0 Å². The molecule has 0 aromatic carbocycles. The summed E-state index contributed by atoms with van der Waals surface area (Å²) in [4.78, 5) is 0. The zero-order valence-corrected chi connectivity index (χ0v) is 10.7. The second-order valence-electron chi connectivity index (χ2n) is 6.15. The molecule has 0 spiro atoms. The Labute approximate surface area is 98.8 Å². The van der Waals surface area contributed by atoms with Crippen molar-refractivity contribution in [3.8, 4) is 6.07 Å². The number of aliphatic hydroxyl groups excluding tert-OH is 1. The molecule has 1 saturated carbocycles. The van der Waals surface area contributed by atoms with Gasteiger partial charge in [0.2, 0.25) is 0 Å². The number of nitrogens with one attached hydrogen (secondary N) is 1. The zero-order valence-electron chi connectivity index (χ0n) is 10.7. The first-order chi connectivity index (χ1) is 7.43. The summed E-state index contributed by atoms with van der Waals surface area (Å²) in [6, 6.07) is 2.60. The van der Waals surface area contributed by atoms with E-state index in [4.69, 9.17) is 10.4 Å². The van der Waals surface area contributed by atoms with Gasteiger partial charge in [-0.2, -0.15) is 5.26 Å². The number of nitrogens with zero attached hydrogens (tertiary/aromatic N) is 1. The molecule has 1 fully saturated rings. The maximum atomic E-state index is 9.06. The summed E-state index contributed by atoms with van der Waals surface area (Å²) in [5.74, 6) is 0. The quantitative estimate of drug-likeness (QED) is 0.726. The molecule has 1 atom stereocenters. The van der Waals surface area contributed by atoms with Gasteiger partial charge in [-0.05, 0) is 30.1 Å². The molecule has 1 rings (SSSR count). The first kappa shape index (κ1) is 13.5. The maximum absolute atomic E-state index is 9.06. The van der Waals surface area contributed by atoms with Gasteiger partial charge in [-0.25, -0.2) is 0 Å². The lowest BCUT2D eigenvalue weighted by atomic mass is 9.84. The van der Waals surface area contributed by atoms with Crippen LogP contribution in [-0.4, -0.2) is 24.3 Å². The highest BCUT2D eigenvalue weighted by atomic mass is 16.3. The minimum absolute atomic E-state index is 0.158. The van der Waals surface area contributed by atoms with Crippen molar-refractivity contribution in [2.24, 2.45) is 10.8 Å². The molecule has 0 heterocycles. The van der Waals surface area contributed by atoms with Gasteiger partial charge in [-0.1, -0.05) is 20.8 Å². The molecule has 0 bridgehead atoms. The number of hydrogen-bond donors (Lipinski definition) is 2. The summed E-state index contributed by atoms with van der Waals surface area (Å²) in [6.45, 7) is 7.70. The second kappa shape index (κ2) is 5.16. The molecule has 3 nitrogen and oxygen atoms in total. The summed E-state index contributed by atoms with van der Waals surface area (Å²) in [5.41, 5.74) is 0.402. The van der Waals surface area contributed by atoms with Crippen LogP contribution in [0, 0.1) is 22.2 Å². The second-order valence-corrected chi connectivity index (χ2v) is 6.15. The standard InChI is InChI=1S/C13H24N2O/c1-12(2,3)11(4-9-16)15-10-13(5-6-13)7-8-14/h11,15-16H,4-7,9-10H2,1-3H3. The van der Waals surface area contributed by atoms with Crippen LogP contribution in [0.1, 0.15) is 46.5 Å². The van der Waals surface area contributed by atoms with Crippen LogP contribution in [0.4, 0.5) is 0 Å². The number of nitriles is 1. The molecular formula is C13H24N2O. The van der Waals surface area contributed by atoms with Crippen LogP contribution >= 0.6 is 0 Å². The van der Waals surface area contributed by atoms with E-state index in [9.17, 15) is 0 Å². The molecule has 0 saturated heterocycles. The largest absolute Gasteiger partial charge is 0.396 e. The van der Waals surface area contributed by atoms with E-state index in [1.54, 1.807) is 0 Å². The Morgan fingerprint density at radius 3 is 2.44 bits per heavy atom. The number of rotatable bonds is 6. The third kappa shape index (κ3) is 3.77. The third-order valence-corrected chi connectivity index (χ3v) is 3.60. The Balaban J connectivity index is 2.42.